The van der Waals surface area contributed by atoms with Crippen molar-refractivity contribution in [2.75, 3.05) is 0 Å². The Kier molecular flexibility index (Phi) is 8.95. The van der Waals surface area contributed by atoms with E-state index >= 15 is 0 Å². The summed E-state index contributed by atoms with van der Waals surface area (Å²) in [6.45, 7) is -4.47. The summed E-state index contributed by atoms with van der Waals surface area (Å²) in [6, 6.07) is 11.2. The number of rotatable bonds is 12. The highest BCUT2D eigenvalue weighted by Gasteiger charge is 2.22. The van der Waals surface area contributed by atoms with Crippen LogP contribution in [0, 0.1) is 0 Å². The molecule has 0 N–H and O–H groups in total. The fourth-order valence-electron chi connectivity index (χ4n) is 3.61. The van der Waals surface area contributed by atoms with Gasteiger partial charge in [-0.15, -0.1) is 0 Å². The molecule has 1 atom stereocenters. The lowest BCUT2D eigenvalue weighted by Crippen LogP contribution is -2.11. The third-order valence-electron chi connectivity index (χ3n) is 5.13. The van der Waals surface area contributed by atoms with Crippen molar-refractivity contribution in [3.8, 4) is 11.5 Å². The van der Waals surface area contributed by atoms with Crippen molar-refractivity contribution in [2.24, 2.45) is 0 Å². The smallest absolute Gasteiger partial charge is 0.387 e. The standard InChI is InChI=1S/C25H24F4N2O3/c1-2-3-19(32)12-17-4-6-21(31-15-17)20(13-16-8-10-30-11-9-16)18-5-7-22(33-24(26)27)23(14-18)34-25(28)29/h4-11,14-15,20,24-25H,2-3,12-13H2,1H3. The molecule has 0 saturated heterocycles. The first-order chi connectivity index (χ1) is 16.4. The quantitative estimate of drug-likeness (QED) is 0.302. The molecule has 0 radical (unpaired) electrons. The van der Waals surface area contributed by atoms with E-state index in [2.05, 4.69) is 19.4 Å². The first-order valence-corrected chi connectivity index (χ1v) is 10.7. The molecule has 0 bridgehead atoms. The summed E-state index contributed by atoms with van der Waals surface area (Å²) in [4.78, 5) is 20.5. The molecule has 5 nitrogen and oxygen atoms in total. The van der Waals surface area contributed by atoms with Gasteiger partial charge in [0.2, 0.25) is 0 Å². The first-order valence-electron chi connectivity index (χ1n) is 10.7. The normalized spacial score (nSPS) is 12.1. The fourth-order valence-corrected chi connectivity index (χ4v) is 3.61. The van der Waals surface area contributed by atoms with E-state index in [4.69, 9.17) is 0 Å². The van der Waals surface area contributed by atoms with Crippen LogP contribution in [-0.4, -0.2) is 29.0 Å². The molecular weight excluding hydrogens is 452 g/mol. The summed E-state index contributed by atoms with van der Waals surface area (Å²) in [6.07, 6.45) is 6.86. The van der Waals surface area contributed by atoms with E-state index in [-0.39, 0.29) is 12.2 Å². The second kappa shape index (κ2) is 12.1. The van der Waals surface area contributed by atoms with Crippen LogP contribution in [0.5, 0.6) is 11.5 Å². The molecule has 3 aromatic rings. The van der Waals surface area contributed by atoms with Gasteiger partial charge in [0.15, 0.2) is 11.5 Å². The third kappa shape index (κ3) is 7.26. The molecule has 2 aromatic heterocycles. The highest BCUT2D eigenvalue weighted by atomic mass is 19.3. The van der Waals surface area contributed by atoms with Gasteiger partial charge >= 0.3 is 13.2 Å². The topological polar surface area (TPSA) is 61.3 Å². The van der Waals surface area contributed by atoms with Gasteiger partial charge in [0.25, 0.3) is 0 Å². The van der Waals surface area contributed by atoms with Gasteiger partial charge in [-0.1, -0.05) is 19.1 Å². The number of halogens is 4. The largest absolute Gasteiger partial charge is 0.431 e. The van der Waals surface area contributed by atoms with E-state index < -0.39 is 30.6 Å². The maximum atomic E-state index is 12.9. The number of ether oxygens (including phenoxy) is 2. The Hall–Kier alpha value is -3.49. The van der Waals surface area contributed by atoms with Crippen LogP contribution < -0.4 is 9.47 Å². The van der Waals surface area contributed by atoms with Crippen molar-refractivity contribution in [2.45, 2.75) is 51.7 Å². The van der Waals surface area contributed by atoms with E-state index in [9.17, 15) is 22.4 Å². The van der Waals surface area contributed by atoms with Crippen LogP contribution in [-0.2, 0) is 17.6 Å². The Morgan fingerprint density at radius 2 is 1.62 bits per heavy atom. The second-order valence-electron chi connectivity index (χ2n) is 7.63. The Morgan fingerprint density at radius 3 is 2.24 bits per heavy atom. The number of carbonyl (C=O) groups is 1. The van der Waals surface area contributed by atoms with Crippen LogP contribution in [0.4, 0.5) is 17.6 Å². The van der Waals surface area contributed by atoms with Crippen LogP contribution in [0.15, 0.2) is 61.1 Å². The van der Waals surface area contributed by atoms with Gasteiger partial charge in [0.05, 0.1) is 0 Å². The molecule has 9 heteroatoms. The molecule has 1 aromatic carbocycles. The van der Waals surface area contributed by atoms with Crippen molar-refractivity contribution in [3.63, 3.8) is 0 Å². The number of carbonyl (C=O) groups excluding carboxylic acids is 1. The number of pyridine rings is 2. The highest BCUT2D eigenvalue weighted by molar-refractivity contribution is 5.80. The molecule has 180 valence electrons. The van der Waals surface area contributed by atoms with Gasteiger partial charge in [-0.2, -0.15) is 17.6 Å². The van der Waals surface area contributed by atoms with Gasteiger partial charge in [-0.25, -0.2) is 0 Å². The average Bonchev–Trinajstić information content (AvgIpc) is 2.79. The van der Waals surface area contributed by atoms with Crippen molar-refractivity contribution in [1.82, 2.24) is 9.97 Å². The molecule has 0 aliphatic heterocycles. The number of Topliss-reactive ketones (excluding diaryl/α,β-unsaturated/α-hetero) is 1. The minimum atomic E-state index is -3.22. The maximum absolute atomic E-state index is 12.9. The molecule has 0 aliphatic rings. The highest BCUT2D eigenvalue weighted by Crippen LogP contribution is 2.36. The van der Waals surface area contributed by atoms with E-state index in [1.807, 2.05) is 19.1 Å². The van der Waals surface area contributed by atoms with E-state index in [1.165, 1.54) is 18.2 Å². The summed E-state index contributed by atoms with van der Waals surface area (Å²) in [5, 5.41) is 0. The monoisotopic (exact) mass is 476 g/mol. The van der Waals surface area contributed by atoms with Crippen molar-refractivity contribution >= 4 is 5.78 Å². The molecule has 0 amide bonds. The molecule has 3 rings (SSSR count). The molecule has 0 spiro atoms. The van der Waals surface area contributed by atoms with E-state index in [0.717, 1.165) is 17.5 Å². The van der Waals surface area contributed by atoms with Crippen molar-refractivity contribution in [3.05, 3.63) is 83.4 Å². The zero-order valence-corrected chi connectivity index (χ0v) is 18.5. The zero-order valence-electron chi connectivity index (χ0n) is 18.5. The number of benzene rings is 1. The molecular formula is C25H24F4N2O3. The Labute approximate surface area is 194 Å². The van der Waals surface area contributed by atoms with Crippen molar-refractivity contribution < 1.29 is 31.8 Å². The summed E-state index contributed by atoms with van der Waals surface area (Å²) in [5.41, 5.74) is 2.82. The number of aromatic nitrogens is 2. The Balaban J connectivity index is 1.97. The summed E-state index contributed by atoms with van der Waals surface area (Å²) in [7, 11) is 0. The molecule has 0 saturated carbocycles. The summed E-state index contributed by atoms with van der Waals surface area (Å²) < 4.78 is 60.1. The van der Waals surface area contributed by atoms with Gasteiger partial charge in [0, 0.05) is 43.0 Å². The average molecular weight is 476 g/mol. The SMILES string of the molecule is CCCC(=O)Cc1ccc(C(Cc2ccncc2)c2ccc(OC(F)F)c(OC(F)F)c2)nc1. The zero-order chi connectivity index (χ0) is 24.5. The van der Waals surface area contributed by atoms with Crippen LogP contribution in [0.2, 0.25) is 0 Å². The lowest BCUT2D eigenvalue weighted by molar-refractivity contribution is -0.118. The fraction of sp³-hybridized carbons (Fsp3) is 0.320. The minimum Gasteiger partial charge on any atom is -0.431 e. The van der Waals surface area contributed by atoms with Crippen LogP contribution in [0.25, 0.3) is 0 Å². The summed E-state index contributed by atoms with van der Waals surface area (Å²) >= 11 is 0. The second-order valence-corrected chi connectivity index (χ2v) is 7.63. The van der Waals surface area contributed by atoms with E-state index in [0.29, 0.717) is 24.1 Å². The summed E-state index contributed by atoms with van der Waals surface area (Å²) in [5.74, 6) is -1.27. The van der Waals surface area contributed by atoms with Crippen LogP contribution >= 0.6 is 0 Å². The first kappa shape index (κ1) is 25.1. The third-order valence-corrected chi connectivity index (χ3v) is 5.13. The number of nitrogens with zero attached hydrogens (tertiary/aromatic N) is 2. The molecule has 0 fully saturated rings. The lowest BCUT2D eigenvalue weighted by Gasteiger charge is -2.20. The predicted octanol–water partition coefficient (Wildman–Crippen LogP) is 5.97. The molecule has 0 aliphatic carbocycles. The predicted molar refractivity (Wildman–Crippen MR) is 117 cm³/mol. The van der Waals surface area contributed by atoms with Gasteiger partial charge in [-0.3, -0.25) is 14.8 Å². The van der Waals surface area contributed by atoms with Crippen LogP contribution in [0.3, 0.4) is 0 Å². The maximum Gasteiger partial charge on any atom is 0.387 e. The molecule has 34 heavy (non-hydrogen) atoms. The number of alkyl halides is 4. The van der Waals surface area contributed by atoms with Gasteiger partial charge in [0.1, 0.15) is 5.78 Å². The number of hydrogen-bond acceptors (Lipinski definition) is 5. The molecule has 1 unspecified atom stereocenters. The van der Waals surface area contributed by atoms with Gasteiger partial charge in [-0.05, 0) is 59.9 Å². The Morgan fingerprint density at radius 1 is 0.912 bits per heavy atom. The Bertz CT molecular complexity index is 1060. The lowest BCUT2D eigenvalue weighted by atomic mass is 9.88. The number of ketones is 1. The number of hydrogen-bond donors (Lipinski definition) is 0. The van der Waals surface area contributed by atoms with E-state index in [1.54, 1.807) is 30.7 Å². The van der Waals surface area contributed by atoms with Crippen molar-refractivity contribution in [1.29, 1.82) is 0 Å². The van der Waals surface area contributed by atoms with Crippen LogP contribution in [0.1, 0.15) is 48.1 Å². The van der Waals surface area contributed by atoms with Gasteiger partial charge < -0.3 is 9.47 Å². The molecule has 2 heterocycles. The minimum absolute atomic E-state index is 0.119.